The zero-order valence-corrected chi connectivity index (χ0v) is 18.8. The maximum absolute atomic E-state index is 13.6. The van der Waals surface area contributed by atoms with Crippen molar-refractivity contribution < 1.29 is 22.7 Å². The van der Waals surface area contributed by atoms with Crippen LogP contribution in [0, 0.1) is 13.8 Å². The van der Waals surface area contributed by atoms with Crippen LogP contribution >= 0.6 is 0 Å². The van der Waals surface area contributed by atoms with Gasteiger partial charge in [-0.2, -0.15) is 0 Å². The summed E-state index contributed by atoms with van der Waals surface area (Å²) in [5.74, 6) is 0.406. The van der Waals surface area contributed by atoms with Gasteiger partial charge < -0.3 is 14.8 Å². The number of carbonyl (C=O) groups is 1. The minimum atomic E-state index is -3.94. The van der Waals surface area contributed by atoms with E-state index < -0.39 is 20.7 Å². The van der Waals surface area contributed by atoms with Crippen molar-refractivity contribution >= 4 is 27.3 Å². The highest BCUT2D eigenvalue weighted by molar-refractivity contribution is 7.95. The fourth-order valence-electron chi connectivity index (χ4n) is 3.89. The molecule has 1 heterocycles. The second-order valence-corrected chi connectivity index (χ2v) is 9.97. The number of amides is 1. The third kappa shape index (κ3) is 3.60. The van der Waals surface area contributed by atoms with Gasteiger partial charge in [-0.15, -0.1) is 0 Å². The Kier molecular flexibility index (Phi) is 5.99. The largest absolute Gasteiger partial charge is 0.493 e. The van der Waals surface area contributed by atoms with Crippen molar-refractivity contribution in [3.63, 3.8) is 0 Å². The number of benzene rings is 2. The average molecular weight is 433 g/mol. The smallest absolute Gasteiger partial charge is 0.249 e. The first kappa shape index (κ1) is 22.0. The summed E-state index contributed by atoms with van der Waals surface area (Å²) in [5, 5.41) is 2.75. The van der Waals surface area contributed by atoms with Crippen LogP contribution in [0.1, 0.15) is 30.9 Å². The van der Waals surface area contributed by atoms with Crippen LogP contribution in [-0.2, 0) is 14.8 Å². The molecule has 2 aromatic carbocycles. The molecule has 0 unspecified atom stereocenters. The van der Waals surface area contributed by atoms with E-state index in [9.17, 15) is 13.2 Å². The predicted molar refractivity (Wildman–Crippen MR) is 118 cm³/mol. The fraction of sp³-hybridized carbons (Fsp3) is 0.409. The summed E-state index contributed by atoms with van der Waals surface area (Å²) in [6, 6.07) is 10.6. The third-order valence-electron chi connectivity index (χ3n) is 5.69. The number of rotatable bonds is 5. The summed E-state index contributed by atoms with van der Waals surface area (Å²) in [6.07, 6.45) is 0.832. The van der Waals surface area contributed by atoms with Crippen LogP contribution in [0.5, 0.6) is 11.5 Å². The minimum Gasteiger partial charge on any atom is -0.493 e. The zero-order valence-electron chi connectivity index (χ0n) is 18.0. The summed E-state index contributed by atoms with van der Waals surface area (Å²) in [7, 11) is -0.924. The van der Waals surface area contributed by atoms with Crippen LogP contribution in [0.4, 0.5) is 11.4 Å². The third-order valence-corrected chi connectivity index (χ3v) is 8.16. The lowest BCUT2D eigenvalue weighted by atomic mass is 10.0. The van der Waals surface area contributed by atoms with Crippen molar-refractivity contribution in [3.8, 4) is 11.5 Å². The van der Waals surface area contributed by atoms with E-state index in [-0.39, 0.29) is 6.42 Å². The Hall–Kier alpha value is -2.74. The lowest BCUT2D eigenvalue weighted by Crippen LogP contribution is -2.57. The highest BCUT2D eigenvalue weighted by Gasteiger charge is 2.52. The van der Waals surface area contributed by atoms with E-state index in [0.29, 0.717) is 35.8 Å². The number of aryl methyl sites for hydroxylation is 2. The number of carbonyl (C=O) groups excluding carboxylic acids is 1. The SMILES string of the molecule is COc1ccc(NC(=O)[C@@]2(C)CCCN(c3c(C)cccc3C)S2(=O)=O)cc1OC. The van der Waals surface area contributed by atoms with Crippen LogP contribution in [0.3, 0.4) is 0 Å². The Balaban J connectivity index is 1.95. The van der Waals surface area contributed by atoms with Crippen molar-refractivity contribution in [2.24, 2.45) is 0 Å². The molecule has 1 aliphatic rings. The van der Waals surface area contributed by atoms with E-state index in [4.69, 9.17) is 9.47 Å². The van der Waals surface area contributed by atoms with Gasteiger partial charge in [-0.1, -0.05) is 18.2 Å². The topological polar surface area (TPSA) is 84.9 Å². The fourth-order valence-corrected chi connectivity index (χ4v) is 5.96. The molecule has 162 valence electrons. The van der Waals surface area contributed by atoms with Gasteiger partial charge in [0.1, 0.15) is 0 Å². The van der Waals surface area contributed by atoms with Gasteiger partial charge in [0.05, 0.1) is 19.9 Å². The number of ether oxygens (including phenoxy) is 2. The monoisotopic (exact) mass is 432 g/mol. The molecule has 1 fully saturated rings. The van der Waals surface area contributed by atoms with Gasteiger partial charge in [0.25, 0.3) is 0 Å². The predicted octanol–water partition coefficient (Wildman–Crippen LogP) is 3.65. The quantitative estimate of drug-likeness (QED) is 0.780. The van der Waals surface area contributed by atoms with Gasteiger partial charge in [-0.05, 0) is 56.9 Å². The Morgan fingerprint density at radius 1 is 1.07 bits per heavy atom. The first-order chi connectivity index (χ1) is 14.2. The molecule has 0 spiro atoms. The van der Waals surface area contributed by atoms with Crippen LogP contribution in [0.15, 0.2) is 36.4 Å². The van der Waals surface area contributed by atoms with Crippen molar-refractivity contribution in [3.05, 3.63) is 47.5 Å². The molecule has 3 rings (SSSR count). The molecule has 8 heteroatoms. The Morgan fingerprint density at radius 2 is 1.70 bits per heavy atom. The number of hydrogen-bond acceptors (Lipinski definition) is 5. The summed E-state index contributed by atoms with van der Waals surface area (Å²) < 4.78 is 37.5. The standard InChI is InChI=1S/C22H28N2O5S/c1-15-8-6-9-16(2)20(15)24-13-7-12-22(3,30(24,26)27)21(25)23-17-10-11-18(28-4)19(14-17)29-5/h6,8-11,14H,7,12-13H2,1-5H3,(H,23,25)/t22-/m1/s1. The maximum atomic E-state index is 13.6. The van der Waals surface area contributed by atoms with E-state index in [1.807, 2.05) is 32.0 Å². The van der Waals surface area contributed by atoms with Crippen LogP contribution in [0.2, 0.25) is 0 Å². The molecule has 30 heavy (non-hydrogen) atoms. The van der Waals surface area contributed by atoms with Crippen LogP contribution in [0.25, 0.3) is 0 Å². The molecule has 1 atom stereocenters. The van der Waals surface area contributed by atoms with Gasteiger partial charge >= 0.3 is 0 Å². The molecule has 7 nitrogen and oxygen atoms in total. The minimum absolute atomic E-state index is 0.246. The number of hydrogen-bond donors (Lipinski definition) is 1. The molecular weight excluding hydrogens is 404 g/mol. The Labute approximate surface area is 178 Å². The van der Waals surface area contributed by atoms with E-state index in [1.165, 1.54) is 25.4 Å². The number of nitrogens with zero attached hydrogens (tertiary/aromatic N) is 1. The number of para-hydroxylation sites is 1. The Bertz CT molecular complexity index is 1050. The molecule has 0 bridgehead atoms. The average Bonchev–Trinajstić information content (AvgIpc) is 2.70. The summed E-state index contributed by atoms with van der Waals surface area (Å²) in [5.41, 5.74) is 2.83. The van der Waals surface area contributed by atoms with Crippen molar-refractivity contribution in [1.29, 1.82) is 0 Å². The van der Waals surface area contributed by atoms with E-state index in [0.717, 1.165) is 11.1 Å². The van der Waals surface area contributed by atoms with E-state index in [2.05, 4.69) is 5.32 Å². The molecule has 1 saturated heterocycles. The van der Waals surface area contributed by atoms with Crippen molar-refractivity contribution in [1.82, 2.24) is 0 Å². The second-order valence-electron chi connectivity index (χ2n) is 7.68. The molecule has 0 saturated carbocycles. The van der Waals surface area contributed by atoms with Gasteiger partial charge in [0, 0.05) is 18.3 Å². The number of sulfonamides is 1. The molecular formula is C22H28N2O5S. The maximum Gasteiger partial charge on any atom is 0.249 e. The van der Waals surface area contributed by atoms with E-state index in [1.54, 1.807) is 18.2 Å². The lowest BCUT2D eigenvalue weighted by molar-refractivity contribution is -0.118. The summed E-state index contributed by atoms with van der Waals surface area (Å²) in [4.78, 5) is 13.2. The molecule has 2 aromatic rings. The highest BCUT2D eigenvalue weighted by atomic mass is 32.2. The molecule has 0 radical (unpaired) electrons. The summed E-state index contributed by atoms with van der Waals surface area (Å²) in [6.45, 7) is 5.62. The Morgan fingerprint density at radius 3 is 2.30 bits per heavy atom. The summed E-state index contributed by atoms with van der Waals surface area (Å²) >= 11 is 0. The van der Waals surface area contributed by atoms with Crippen molar-refractivity contribution in [2.45, 2.75) is 38.4 Å². The second kappa shape index (κ2) is 8.18. The molecule has 0 aromatic heterocycles. The van der Waals surface area contributed by atoms with Crippen molar-refractivity contribution in [2.75, 3.05) is 30.4 Å². The number of nitrogens with one attached hydrogen (secondary N) is 1. The van der Waals surface area contributed by atoms with E-state index >= 15 is 0 Å². The first-order valence-corrected chi connectivity index (χ1v) is 11.2. The van der Waals surface area contributed by atoms with Gasteiger partial charge in [-0.3, -0.25) is 9.10 Å². The van der Waals surface area contributed by atoms with Crippen LogP contribution < -0.4 is 19.1 Å². The normalized spacial score (nSPS) is 20.5. The van der Waals surface area contributed by atoms with Gasteiger partial charge in [-0.25, -0.2) is 8.42 Å². The van der Waals surface area contributed by atoms with Gasteiger partial charge in [0.2, 0.25) is 15.9 Å². The molecule has 1 aliphatic heterocycles. The number of methoxy groups -OCH3 is 2. The molecule has 1 N–H and O–H groups in total. The molecule has 0 aliphatic carbocycles. The van der Waals surface area contributed by atoms with Gasteiger partial charge in [0.15, 0.2) is 16.2 Å². The first-order valence-electron chi connectivity index (χ1n) is 9.77. The lowest BCUT2D eigenvalue weighted by Gasteiger charge is -2.40. The zero-order chi connectivity index (χ0) is 22.1. The number of anilines is 2. The molecule has 1 amide bonds. The highest BCUT2D eigenvalue weighted by Crippen LogP contribution is 2.39. The van der Waals surface area contributed by atoms with Crippen LogP contribution in [-0.4, -0.2) is 39.8 Å².